The number of benzene rings is 1. The monoisotopic (exact) mass is 395 g/mol. The number of sulfonamides is 1. The predicted octanol–water partition coefficient (Wildman–Crippen LogP) is 3.54. The molecule has 1 aromatic carbocycles. The van der Waals surface area contributed by atoms with Crippen molar-refractivity contribution >= 4 is 54.0 Å². The summed E-state index contributed by atoms with van der Waals surface area (Å²) in [6.45, 7) is 4.26. The largest absolute Gasteiger partial charge is 0.297 e. The van der Waals surface area contributed by atoms with Crippen LogP contribution in [0.25, 0.3) is 10.2 Å². The fourth-order valence-corrected chi connectivity index (χ4v) is 4.89. The molecule has 0 bridgehead atoms. The van der Waals surface area contributed by atoms with Crippen LogP contribution in [0.1, 0.15) is 23.5 Å². The highest BCUT2D eigenvalue weighted by atomic mass is 32.2. The van der Waals surface area contributed by atoms with Gasteiger partial charge in [0.1, 0.15) is 0 Å². The van der Waals surface area contributed by atoms with E-state index in [4.69, 9.17) is 0 Å². The van der Waals surface area contributed by atoms with Gasteiger partial charge in [0.05, 0.1) is 20.0 Å². The van der Waals surface area contributed by atoms with Gasteiger partial charge in [-0.2, -0.15) is 0 Å². The minimum atomic E-state index is -3.55. The summed E-state index contributed by atoms with van der Waals surface area (Å²) in [7, 11) is -3.55. The molecule has 1 amide bonds. The van der Waals surface area contributed by atoms with E-state index >= 15 is 0 Å². The Morgan fingerprint density at radius 2 is 2.08 bits per heavy atom. The maximum atomic E-state index is 12.3. The average molecular weight is 396 g/mol. The van der Waals surface area contributed by atoms with Gasteiger partial charge in [0.2, 0.25) is 10.0 Å². The summed E-state index contributed by atoms with van der Waals surface area (Å²) in [5, 5.41) is 5.02. The molecule has 9 heteroatoms. The number of fused-ring (bicyclic) bond motifs is 1. The first-order valence-electron chi connectivity index (χ1n) is 7.60. The normalized spacial score (nSPS) is 12.0. The molecule has 6 nitrogen and oxygen atoms in total. The van der Waals surface area contributed by atoms with Crippen LogP contribution >= 0.6 is 22.7 Å². The second-order valence-electron chi connectivity index (χ2n) is 5.83. The first kappa shape index (κ1) is 18.0. The number of amides is 1. The number of rotatable bonds is 6. The fraction of sp³-hybridized carbons (Fsp3) is 0.250. The van der Waals surface area contributed by atoms with Gasteiger partial charge >= 0.3 is 0 Å². The fourth-order valence-electron chi connectivity index (χ4n) is 2.05. The van der Waals surface area contributed by atoms with E-state index < -0.39 is 10.0 Å². The zero-order valence-corrected chi connectivity index (χ0v) is 16.1. The van der Waals surface area contributed by atoms with Crippen molar-refractivity contribution in [1.29, 1.82) is 0 Å². The predicted molar refractivity (Wildman–Crippen MR) is 102 cm³/mol. The van der Waals surface area contributed by atoms with Crippen molar-refractivity contribution in [2.45, 2.75) is 18.7 Å². The first-order chi connectivity index (χ1) is 11.8. The lowest BCUT2D eigenvalue weighted by atomic mass is 10.2. The van der Waals surface area contributed by atoms with Crippen LogP contribution in [0.15, 0.2) is 40.6 Å². The summed E-state index contributed by atoms with van der Waals surface area (Å²) in [6, 6.07) is 8.29. The summed E-state index contributed by atoms with van der Waals surface area (Å²) >= 11 is 2.59. The zero-order valence-electron chi connectivity index (χ0n) is 13.6. The summed E-state index contributed by atoms with van der Waals surface area (Å²) in [5.74, 6) is 0.00137. The van der Waals surface area contributed by atoms with E-state index in [9.17, 15) is 13.2 Å². The van der Waals surface area contributed by atoms with E-state index in [1.54, 1.807) is 24.3 Å². The molecule has 25 heavy (non-hydrogen) atoms. The van der Waals surface area contributed by atoms with E-state index in [2.05, 4.69) is 15.0 Å². The molecule has 3 rings (SSSR count). The van der Waals surface area contributed by atoms with Crippen LogP contribution in [-0.2, 0) is 10.0 Å². The summed E-state index contributed by atoms with van der Waals surface area (Å²) < 4.78 is 27.9. The average Bonchev–Trinajstić information content (AvgIpc) is 3.21. The Morgan fingerprint density at radius 1 is 1.28 bits per heavy atom. The maximum absolute atomic E-state index is 12.3. The molecule has 0 spiro atoms. The molecular formula is C16H17N3O3S3. The van der Waals surface area contributed by atoms with Crippen LogP contribution in [-0.4, -0.2) is 25.9 Å². The highest BCUT2D eigenvalue weighted by Crippen LogP contribution is 2.28. The Bertz CT molecular complexity index is 992. The van der Waals surface area contributed by atoms with Gasteiger partial charge in [-0.15, -0.1) is 11.3 Å². The standard InChI is InChI=1S/C16H17N3O3S3/c1-10(2)9-17-25(21,22)11-5-6-12-14(8-11)24-16(18-12)19-15(20)13-4-3-7-23-13/h3-8,10,17H,9H2,1-2H3,(H,18,19,20). The van der Waals surface area contributed by atoms with Crippen LogP contribution in [0, 0.1) is 5.92 Å². The molecule has 0 aliphatic rings. The van der Waals surface area contributed by atoms with Gasteiger partial charge in [-0.25, -0.2) is 18.1 Å². The summed E-state index contributed by atoms with van der Waals surface area (Å²) in [4.78, 5) is 17.2. The lowest BCUT2D eigenvalue weighted by molar-refractivity contribution is 0.103. The highest BCUT2D eigenvalue weighted by molar-refractivity contribution is 7.89. The van der Waals surface area contributed by atoms with Crippen molar-refractivity contribution in [3.8, 4) is 0 Å². The molecule has 0 atom stereocenters. The second-order valence-corrected chi connectivity index (χ2v) is 9.57. The summed E-state index contributed by atoms with van der Waals surface area (Å²) in [5.41, 5.74) is 0.647. The molecule has 0 saturated heterocycles. The molecule has 132 valence electrons. The van der Waals surface area contributed by atoms with Gasteiger partial charge in [0, 0.05) is 6.54 Å². The molecule has 0 saturated carbocycles. The first-order valence-corrected chi connectivity index (χ1v) is 10.8. The van der Waals surface area contributed by atoms with Gasteiger partial charge < -0.3 is 0 Å². The molecule has 0 unspecified atom stereocenters. The SMILES string of the molecule is CC(C)CNS(=O)(=O)c1ccc2nc(NC(=O)c3cccs3)sc2c1. The minimum Gasteiger partial charge on any atom is -0.297 e. The van der Waals surface area contributed by atoms with Crippen molar-refractivity contribution in [3.63, 3.8) is 0 Å². The lowest BCUT2D eigenvalue weighted by Crippen LogP contribution is -2.27. The number of nitrogens with zero attached hydrogens (tertiary/aromatic N) is 1. The summed E-state index contributed by atoms with van der Waals surface area (Å²) in [6.07, 6.45) is 0. The molecule has 0 aliphatic heterocycles. The van der Waals surface area contributed by atoms with E-state index in [1.165, 1.54) is 28.7 Å². The molecule has 0 radical (unpaired) electrons. The maximum Gasteiger partial charge on any atom is 0.267 e. The van der Waals surface area contributed by atoms with Crippen molar-refractivity contribution in [3.05, 3.63) is 40.6 Å². The van der Waals surface area contributed by atoms with Gasteiger partial charge in [-0.3, -0.25) is 10.1 Å². The minimum absolute atomic E-state index is 0.195. The topological polar surface area (TPSA) is 88.2 Å². The van der Waals surface area contributed by atoms with Crippen LogP contribution in [0.4, 0.5) is 5.13 Å². The van der Waals surface area contributed by atoms with Crippen molar-refractivity contribution in [1.82, 2.24) is 9.71 Å². The van der Waals surface area contributed by atoms with Crippen LogP contribution in [0.3, 0.4) is 0 Å². The number of hydrogen-bond acceptors (Lipinski definition) is 6. The number of thiophene rings is 1. The Labute approximate surface area is 154 Å². The molecular weight excluding hydrogens is 378 g/mol. The van der Waals surface area contributed by atoms with E-state index in [0.717, 1.165) is 0 Å². The smallest absolute Gasteiger partial charge is 0.267 e. The third kappa shape index (κ3) is 4.24. The van der Waals surface area contributed by atoms with Crippen LogP contribution in [0.5, 0.6) is 0 Å². The number of carbonyl (C=O) groups excluding carboxylic acids is 1. The Morgan fingerprint density at radius 3 is 2.76 bits per heavy atom. The van der Waals surface area contributed by atoms with Crippen molar-refractivity contribution in [2.75, 3.05) is 11.9 Å². The van der Waals surface area contributed by atoms with Crippen LogP contribution in [0.2, 0.25) is 0 Å². The molecule has 0 fully saturated rings. The highest BCUT2D eigenvalue weighted by Gasteiger charge is 2.17. The Kier molecular flexibility index (Phi) is 5.19. The Hall–Kier alpha value is -1.81. The van der Waals surface area contributed by atoms with Crippen molar-refractivity contribution < 1.29 is 13.2 Å². The van der Waals surface area contributed by atoms with E-state index in [0.29, 0.717) is 26.8 Å². The van der Waals surface area contributed by atoms with E-state index in [-0.39, 0.29) is 16.7 Å². The number of anilines is 1. The second kappa shape index (κ2) is 7.20. The van der Waals surface area contributed by atoms with Gasteiger partial charge in [0.15, 0.2) is 5.13 Å². The molecule has 2 heterocycles. The van der Waals surface area contributed by atoms with Gasteiger partial charge in [-0.05, 0) is 35.6 Å². The molecule has 3 aromatic rings. The molecule has 0 aliphatic carbocycles. The third-order valence-electron chi connectivity index (χ3n) is 3.32. The number of hydrogen-bond donors (Lipinski definition) is 2. The van der Waals surface area contributed by atoms with E-state index in [1.807, 2.05) is 19.2 Å². The number of nitrogens with one attached hydrogen (secondary N) is 2. The lowest BCUT2D eigenvalue weighted by Gasteiger charge is -2.08. The van der Waals surface area contributed by atoms with Gasteiger partial charge in [-0.1, -0.05) is 31.3 Å². The van der Waals surface area contributed by atoms with Crippen LogP contribution < -0.4 is 10.0 Å². The molecule has 2 aromatic heterocycles. The molecule has 2 N–H and O–H groups in total. The zero-order chi connectivity index (χ0) is 18.0. The number of carbonyl (C=O) groups is 1. The van der Waals surface area contributed by atoms with Gasteiger partial charge in [0.25, 0.3) is 5.91 Å². The Balaban J connectivity index is 1.83. The van der Waals surface area contributed by atoms with Crippen molar-refractivity contribution in [2.24, 2.45) is 5.92 Å². The third-order valence-corrected chi connectivity index (χ3v) is 6.54. The number of aromatic nitrogens is 1. The quantitative estimate of drug-likeness (QED) is 0.668. The number of thiazole rings is 1.